The van der Waals surface area contributed by atoms with Crippen LogP contribution in [0.5, 0.6) is 5.75 Å². The second-order valence-corrected chi connectivity index (χ2v) is 4.92. The number of hydrogen-bond acceptors (Lipinski definition) is 4. The molecule has 0 radical (unpaired) electrons. The standard InChI is InChI=1S/C14H19NO4/c1-15-8-4-5-10(9-15)19-12-7-3-2-6-11(12)13(16)14(17)18/h2-3,6-7,10,13,16H,4-5,8-9H2,1H3,(H,17,18). The molecule has 1 aliphatic heterocycles. The molecule has 0 saturated carbocycles. The lowest BCUT2D eigenvalue weighted by atomic mass is 10.1. The molecule has 0 aromatic heterocycles. The Balaban J connectivity index is 2.13. The molecule has 2 atom stereocenters. The van der Waals surface area contributed by atoms with Crippen LogP contribution >= 0.6 is 0 Å². The number of nitrogens with zero attached hydrogens (tertiary/aromatic N) is 1. The average molecular weight is 265 g/mol. The van der Waals surface area contributed by atoms with Crippen LogP contribution < -0.4 is 4.74 Å². The van der Waals surface area contributed by atoms with Crippen molar-refractivity contribution in [2.75, 3.05) is 20.1 Å². The number of benzene rings is 1. The number of carboxylic acids is 1. The van der Waals surface area contributed by atoms with E-state index in [9.17, 15) is 9.90 Å². The van der Waals surface area contributed by atoms with Crippen LogP contribution in [-0.4, -0.2) is 47.3 Å². The van der Waals surface area contributed by atoms with Gasteiger partial charge in [0.05, 0.1) is 0 Å². The van der Waals surface area contributed by atoms with Crippen LogP contribution in [-0.2, 0) is 4.79 Å². The summed E-state index contributed by atoms with van der Waals surface area (Å²) in [5.41, 5.74) is 0.309. The van der Waals surface area contributed by atoms with Gasteiger partial charge in [0.15, 0.2) is 6.10 Å². The van der Waals surface area contributed by atoms with Gasteiger partial charge in [-0.25, -0.2) is 4.79 Å². The number of hydrogen-bond donors (Lipinski definition) is 2. The zero-order chi connectivity index (χ0) is 13.8. The SMILES string of the molecule is CN1CCCC(Oc2ccccc2C(O)C(=O)O)C1. The molecule has 1 fully saturated rings. The van der Waals surface area contributed by atoms with Crippen molar-refractivity contribution in [3.8, 4) is 5.75 Å². The molecule has 1 heterocycles. The van der Waals surface area contributed by atoms with Crippen LogP contribution in [0.2, 0.25) is 0 Å². The molecule has 2 N–H and O–H groups in total. The van der Waals surface area contributed by atoms with E-state index in [1.54, 1.807) is 24.3 Å². The fourth-order valence-electron chi connectivity index (χ4n) is 2.34. The van der Waals surface area contributed by atoms with Crippen LogP contribution in [0.1, 0.15) is 24.5 Å². The molecule has 0 bridgehead atoms. The van der Waals surface area contributed by atoms with Crippen LogP contribution in [0, 0.1) is 0 Å². The van der Waals surface area contributed by atoms with Gasteiger partial charge in [-0.05, 0) is 32.5 Å². The molecular formula is C14H19NO4. The Morgan fingerprint density at radius 3 is 2.89 bits per heavy atom. The van der Waals surface area contributed by atoms with E-state index in [0.717, 1.165) is 25.9 Å². The Labute approximate surface area is 112 Å². The van der Waals surface area contributed by atoms with E-state index in [2.05, 4.69) is 4.90 Å². The fourth-order valence-corrected chi connectivity index (χ4v) is 2.34. The predicted molar refractivity (Wildman–Crippen MR) is 70.2 cm³/mol. The highest BCUT2D eigenvalue weighted by Gasteiger charge is 2.23. The first-order valence-corrected chi connectivity index (χ1v) is 6.43. The van der Waals surface area contributed by atoms with Gasteiger partial charge in [0, 0.05) is 12.1 Å². The first-order chi connectivity index (χ1) is 9.08. The Kier molecular flexibility index (Phi) is 4.39. The summed E-state index contributed by atoms with van der Waals surface area (Å²) in [4.78, 5) is 13.1. The lowest BCUT2D eigenvalue weighted by molar-refractivity contribution is -0.147. The van der Waals surface area contributed by atoms with Crippen LogP contribution in [0.4, 0.5) is 0 Å². The third-order valence-corrected chi connectivity index (χ3v) is 3.32. The van der Waals surface area contributed by atoms with Crippen LogP contribution in [0.25, 0.3) is 0 Å². The van der Waals surface area contributed by atoms with Crippen molar-refractivity contribution < 1.29 is 19.7 Å². The Morgan fingerprint density at radius 1 is 1.47 bits per heavy atom. The average Bonchev–Trinajstić information content (AvgIpc) is 2.38. The van der Waals surface area contributed by atoms with E-state index >= 15 is 0 Å². The monoisotopic (exact) mass is 265 g/mol. The van der Waals surface area contributed by atoms with Crippen molar-refractivity contribution in [2.24, 2.45) is 0 Å². The van der Waals surface area contributed by atoms with Crippen molar-refractivity contribution in [1.82, 2.24) is 4.90 Å². The van der Waals surface area contributed by atoms with Crippen LogP contribution in [0.3, 0.4) is 0 Å². The topological polar surface area (TPSA) is 70.0 Å². The van der Waals surface area contributed by atoms with E-state index in [1.165, 1.54) is 0 Å². The number of aliphatic carboxylic acids is 1. The summed E-state index contributed by atoms with van der Waals surface area (Å²) in [7, 11) is 2.04. The smallest absolute Gasteiger partial charge is 0.337 e. The largest absolute Gasteiger partial charge is 0.489 e. The van der Waals surface area contributed by atoms with Crippen molar-refractivity contribution >= 4 is 5.97 Å². The summed E-state index contributed by atoms with van der Waals surface area (Å²) >= 11 is 0. The van der Waals surface area contributed by atoms with Crippen molar-refractivity contribution in [3.63, 3.8) is 0 Å². The number of carbonyl (C=O) groups is 1. The van der Waals surface area contributed by atoms with Gasteiger partial charge < -0.3 is 19.8 Å². The summed E-state index contributed by atoms with van der Waals surface area (Å²) in [6.45, 7) is 1.87. The molecule has 5 heteroatoms. The van der Waals surface area contributed by atoms with E-state index < -0.39 is 12.1 Å². The number of aliphatic hydroxyl groups excluding tert-OH is 1. The van der Waals surface area contributed by atoms with Crippen molar-refractivity contribution in [2.45, 2.75) is 25.0 Å². The highest BCUT2D eigenvalue weighted by atomic mass is 16.5. The Morgan fingerprint density at radius 2 is 2.21 bits per heavy atom. The molecule has 2 unspecified atom stereocenters. The molecule has 104 valence electrons. The highest BCUT2D eigenvalue weighted by molar-refractivity contribution is 5.75. The van der Waals surface area contributed by atoms with E-state index in [-0.39, 0.29) is 6.10 Å². The maximum atomic E-state index is 10.9. The fraction of sp³-hybridized carbons (Fsp3) is 0.500. The number of likely N-dealkylation sites (tertiary alicyclic amines) is 1. The summed E-state index contributed by atoms with van der Waals surface area (Å²) in [5, 5.41) is 18.6. The molecule has 1 aromatic carbocycles. The Bertz CT molecular complexity index is 449. The number of aliphatic hydroxyl groups is 1. The zero-order valence-electron chi connectivity index (χ0n) is 11.0. The molecule has 1 aromatic rings. The lowest BCUT2D eigenvalue weighted by Gasteiger charge is -2.30. The molecule has 0 spiro atoms. The van der Waals surface area contributed by atoms with E-state index in [1.807, 2.05) is 7.05 Å². The quantitative estimate of drug-likeness (QED) is 0.858. The van der Waals surface area contributed by atoms with E-state index in [4.69, 9.17) is 9.84 Å². The summed E-state index contributed by atoms with van der Waals surface area (Å²) in [5.74, 6) is -0.811. The van der Waals surface area contributed by atoms with Gasteiger partial charge in [0.2, 0.25) is 0 Å². The number of rotatable bonds is 4. The van der Waals surface area contributed by atoms with Gasteiger partial charge in [0.25, 0.3) is 0 Å². The molecule has 0 amide bonds. The molecule has 2 rings (SSSR count). The number of ether oxygens (including phenoxy) is 1. The molecule has 5 nitrogen and oxygen atoms in total. The van der Waals surface area contributed by atoms with Crippen molar-refractivity contribution in [1.29, 1.82) is 0 Å². The predicted octanol–water partition coefficient (Wildman–Crippen LogP) is 1.28. The van der Waals surface area contributed by atoms with E-state index in [0.29, 0.717) is 11.3 Å². The maximum absolute atomic E-state index is 10.9. The third-order valence-electron chi connectivity index (χ3n) is 3.32. The van der Waals surface area contributed by atoms with Gasteiger partial charge in [0.1, 0.15) is 11.9 Å². The lowest BCUT2D eigenvalue weighted by Crippen LogP contribution is -2.38. The number of carboxylic acid groups (broad SMARTS) is 1. The molecule has 0 aliphatic carbocycles. The first kappa shape index (κ1) is 13.8. The molecule has 1 aliphatic rings. The number of piperidine rings is 1. The first-order valence-electron chi connectivity index (χ1n) is 6.43. The minimum absolute atomic E-state index is 0.0425. The zero-order valence-corrected chi connectivity index (χ0v) is 11.0. The summed E-state index contributed by atoms with van der Waals surface area (Å²) in [6, 6.07) is 6.76. The normalized spacial score (nSPS) is 21.9. The minimum Gasteiger partial charge on any atom is -0.489 e. The van der Waals surface area contributed by atoms with Gasteiger partial charge >= 0.3 is 5.97 Å². The third kappa shape index (κ3) is 3.45. The maximum Gasteiger partial charge on any atom is 0.337 e. The van der Waals surface area contributed by atoms with Gasteiger partial charge in [-0.1, -0.05) is 18.2 Å². The second kappa shape index (κ2) is 6.04. The van der Waals surface area contributed by atoms with Gasteiger partial charge in [-0.3, -0.25) is 0 Å². The molecule has 1 saturated heterocycles. The molecular weight excluding hydrogens is 246 g/mol. The molecule has 19 heavy (non-hydrogen) atoms. The minimum atomic E-state index is -1.54. The van der Waals surface area contributed by atoms with Gasteiger partial charge in [-0.2, -0.15) is 0 Å². The highest BCUT2D eigenvalue weighted by Crippen LogP contribution is 2.27. The second-order valence-electron chi connectivity index (χ2n) is 4.92. The Hall–Kier alpha value is -1.59. The van der Waals surface area contributed by atoms with Crippen molar-refractivity contribution in [3.05, 3.63) is 29.8 Å². The summed E-state index contributed by atoms with van der Waals surface area (Å²) in [6.07, 6.45) is 0.505. The number of likely N-dealkylation sites (N-methyl/N-ethyl adjacent to an activating group) is 1. The summed E-state index contributed by atoms with van der Waals surface area (Å²) < 4.78 is 5.86. The number of para-hydroxylation sites is 1. The van der Waals surface area contributed by atoms with Gasteiger partial charge in [-0.15, -0.1) is 0 Å². The van der Waals surface area contributed by atoms with Crippen LogP contribution in [0.15, 0.2) is 24.3 Å².